The van der Waals surface area contributed by atoms with Crippen molar-refractivity contribution in [3.05, 3.63) is 80.9 Å². The summed E-state index contributed by atoms with van der Waals surface area (Å²) in [4.78, 5) is 30.0. The highest BCUT2D eigenvalue weighted by atomic mass is 32.1. The minimum atomic E-state index is -0.420. The van der Waals surface area contributed by atoms with Gasteiger partial charge in [0.1, 0.15) is 16.2 Å². The molecule has 0 N–H and O–H groups in total. The van der Waals surface area contributed by atoms with Crippen LogP contribution in [0.15, 0.2) is 58.3 Å². The van der Waals surface area contributed by atoms with E-state index in [1.807, 2.05) is 6.07 Å². The van der Waals surface area contributed by atoms with Gasteiger partial charge in [-0.1, -0.05) is 18.2 Å². The van der Waals surface area contributed by atoms with E-state index in [4.69, 9.17) is 0 Å². The predicted molar refractivity (Wildman–Crippen MR) is 103 cm³/mol. The van der Waals surface area contributed by atoms with Crippen LogP contribution >= 0.6 is 11.5 Å². The first-order valence-corrected chi connectivity index (χ1v) is 9.16. The molecule has 0 atom stereocenters. The molecule has 0 fully saturated rings. The van der Waals surface area contributed by atoms with Crippen LogP contribution in [0.1, 0.15) is 12.5 Å². The Morgan fingerprint density at radius 1 is 1.07 bits per heavy atom. The molecule has 3 aromatic heterocycles. The first-order valence-electron chi connectivity index (χ1n) is 8.39. The van der Waals surface area contributed by atoms with Crippen LogP contribution in [0.5, 0.6) is 0 Å². The minimum absolute atomic E-state index is 0.203. The zero-order chi connectivity index (χ0) is 19.0. The number of halogens is 1. The molecule has 0 unspecified atom stereocenters. The van der Waals surface area contributed by atoms with Gasteiger partial charge < -0.3 is 0 Å². The first-order chi connectivity index (χ1) is 13.1. The van der Waals surface area contributed by atoms with Crippen molar-refractivity contribution < 1.29 is 4.39 Å². The Morgan fingerprint density at radius 2 is 1.85 bits per heavy atom. The quantitative estimate of drug-likeness (QED) is 0.544. The normalized spacial score (nSPS) is 11.2. The van der Waals surface area contributed by atoms with Gasteiger partial charge in [-0.3, -0.25) is 18.9 Å². The predicted octanol–water partition coefficient (Wildman–Crippen LogP) is 2.89. The van der Waals surface area contributed by atoms with Crippen LogP contribution in [0.25, 0.3) is 21.6 Å². The fraction of sp³-hybridized carbons (Fsp3) is 0.158. The van der Waals surface area contributed by atoms with Gasteiger partial charge in [0.2, 0.25) is 0 Å². The second kappa shape index (κ2) is 6.88. The maximum absolute atomic E-state index is 13.2. The van der Waals surface area contributed by atoms with E-state index in [2.05, 4.69) is 9.36 Å². The number of pyridine rings is 1. The Kier molecular flexibility index (Phi) is 4.41. The van der Waals surface area contributed by atoms with Gasteiger partial charge in [0.05, 0.1) is 17.8 Å². The van der Waals surface area contributed by atoms with Gasteiger partial charge in [-0.25, -0.2) is 9.18 Å². The molecule has 0 saturated carbocycles. The molecule has 8 heteroatoms. The van der Waals surface area contributed by atoms with Gasteiger partial charge in [0, 0.05) is 12.7 Å². The molecule has 4 aromatic rings. The molecular formula is C19H15FN4O2S. The van der Waals surface area contributed by atoms with E-state index in [1.165, 1.54) is 21.3 Å². The molecule has 0 saturated heterocycles. The molecule has 0 radical (unpaired) electrons. The standard InChI is InChI=1S/C19H15FN4O2S/c1-2-23-18(25)17-16(15(22-27-17)14-5-3-4-10-21-14)24(19(23)26)11-12-6-8-13(20)9-7-12/h3-10H,2,11H2,1H3. The van der Waals surface area contributed by atoms with Crippen LogP contribution in [-0.2, 0) is 13.1 Å². The third-order valence-corrected chi connectivity index (χ3v) is 5.14. The monoisotopic (exact) mass is 382 g/mol. The lowest BCUT2D eigenvalue weighted by molar-refractivity contribution is 0.615. The van der Waals surface area contributed by atoms with Crippen LogP contribution in [0.2, 0.25) is 0 Å². The third kappa shape index (κ3) is 2.97. The van der Waals surface area contributed by atoms with Gasteiger partial charge in [0.25, 0.3) is 5.56 Å². The molecule has 3 heterocycles. The number of nitrogens with zero attached hydrogens (tertiary/aromatic N) is 4. The van der Waals surface area contributed by atoms with Crippen LogP contribution in [-0.4, -0.2) is 18.5 Å². The smallest absolute Gasteiger partial charge is 0.286 e. The van der Waals surface area contributed by atoms with E-state index >= 15 is 0 Å². The van der Waals surface area contributed by atoms with Gasteiger partial charge in [-0.15, -0.1) is 0 Å². The Hall–Kier alpha value is -3.13. The average molecular weight is 382 g/mol. The lowest BCUT2D eigenvalue weighted by Gasteiger charge is -2.12. The van der Waals surface area contributed by atoms with Gasteiger partial charge >= 0.3 is 5.69 Å². The second-order valence-corrected chi connectivity index (χ2v) is 6.74. The highest BCUT2D eigenvalue weighted by molar-refractivity contribution is 7.13. The lowest BCUT2D eigenvalue weighted by atomic mass is 10.2. The fourth-order valence-corrected chi connectivity index (χ4v) is 3.84. The van der Waals surface area contributed by atoms with Crippen molar-refractivity contribution in [1.82, 2.24) is 18.5 Å². The van der Waals surface area contributed by atoms with Crippen molar-refractivity contribution in [3.63, 3.8) is 0 Å². The van der Waals surface area contributed by atoms with E-state index in [0.717, 1.165) is 17.1 Å². The van der Waals surface area contributed by atoms with Crippen LogP contribution < -0.4 is 11.2 Å². The number of fused-ring (bicyclic) bond motifs is 1. The number of hydrogen-bond acceptors (Lipinski definition) is 5. The summed E-state index contributed by atoms with van der Waals surface area (Å²) in [6, 6.07) is 11.3. The van der Waals surface area contributed by atoms with Crippen molar-refractivity contribution in [3.8, 4) is 11.4 Å². The third-order valence-electron chi connectivity index (χ3n) is 4.32. The molecule has 136 valence electrons. The van der Waals surface area contributed by atoms with E-state index < -0.39 is 5.69 Å². The maximum Gasteiger partial charge on any atom is 0.331 e. The number of rotatable bonds is 4. The van der Waals surface area contributed by atoms with Crippen LogP contribution in [0, 0.1) is 5.82 Å². The summed E-state index contributed by atoms with van der Waals surface area (Å²) in [5, 5.41) is 0. The Morgan fingerprint density at radius 3 is 2.52 bits per heavy atom. The molecule has 0 bridgehead atoms. The Balaban J connectivity index is 2.02. The van der Waals surface area contributed by atoms with E-state index in [9.17, 15) is 14.0 Å². The fourth-order valence-electron chi connectivity index (χ4n) is 3.00. The molecule has 0 spiro atoms. The van der Waals surface area contributed by atoms with Crippen molar-refractivity contribution in [2.45, 2.75) is 20.0 Å². The highest BCUT2D eigenvalue weighted by Crippen LogP contribution is 2.27. The molecule has 6 nitrogen and oxygen atoms in total. The maximum atomic E-state index is 13.2. The molecule has 0 aliphatic carbocycles. The Bertz CT molecular complexity index is 1230. The van der Waals surface area contributed by atoms with Crippen molar-refractivity contribution >= 4 is 21.7 Å². The molecular weight excluding hydrogens is 367 g/mol. The number of aromatic nitrogens is 4. The van der Waals surface area contributed by atoms with Crippen LogP contribution in [0.3, 0.4) is 0 Å². The topological polar surface area (TPSA) is 69.8 Å². The molecule has 4 rings (SSSR count). The van der Waals surface area contributed by atoms with Crippen molar-refractivity contribution in [2.75, 3.05) is 0 Å². The van der Waals surface area contributed by atoms with Gasteiger partial charge in [-0.2, -0.15) is 4.37 Å². The zero-order valence-corrected chi connectivity index (χ0v) is 15.2. The molecule has 27 heavy (non-hydrogen) atoms. The summed E-state index contributed by atoms with van der Waals surface area (Å²) in [5.74, 6) is -0.346. The number of benzene rings is 1. The van der Waals surface area contributed by atoms with Crippen molar-refractivity contribution in [2.24, 2.45) is 0 Å². The number of hydrogen-bond donors (Lipinski definition) is 0. The summed E-state index contributed by atoms with van der Waals surface area (Å²) in [6.07, 6.45) is 1.64. The largest absolute Gasteiger partial charge is 0.331 e. The van der Waals surface area contributed by atoms with Gasteiger partial charge in [0.15, 0.2) is 0 Å². The summed E-state index contributed by atoms with van der Waals surface area (Å²) >= 11 is 1.06. The van der Waals surface area contributed by atoms with Gasteiger partial charge in [-0.05, 0) is 48.3 Å². The summed E-state index contributed by atoms with van der Waals surface area (Å²) in [7, 11) is 0. The highest BCUT2D eigenvalue weighted by Gasteiger charge is 2.20. The van der Waals surface area contributed by atoms with Crippen molar-refractivity contribution in [1.29, 1.82) is 0 Å². The molecule has 1 aromatic carbocycles. The zero-order valence-electron chi connectivity index (χ0n) is 14.4. The minimum Gasteiger partial charge on any atom is -0.286 e. The summed E-state index contributed by atoms with van der Waals surface area (Å²) in [6.45, 7) is 2.21. The van der Waals surface area contributed by atoms with E-state index in [1.54, 1.807) is 37.4 Å². The first kappa shape index (κ1) is 17.3. The molecule has 0 aliphatic rings. The second-order valence-electron chi connectivity index (χ2n) is 5.97. The molecule has 0 amide bonds. The molecule has 0 aliphatic heterocycles. The SMILES string of the molecule is CCn1c(=O)c2snc(-c3ccccn3)c2n(Cc2ccc(F)cc2)c1=O. The van der Waals surface area contributed by atoms with E-state index in [0.29, 0.717) is 21.6 Å². The summed E-state index contributed by atoms with van der Waals surface area (Å²) < 4.78 is 20.7. The Labute approximate surface area is 157 Å². The average Bonchev–Trinajstić information content (AvgIpc) is 3.13. The van der Waals surface area contributed by atoms with Crippen LogP contribution in [0.4, 0.5) is 4.39 Å². The lowest BCUT2D eigenvalue weighted by Crippen LogP contribution is -2.39. The summed E-state index contributed by atoms with van der Waals surface area (Å²) in [5.41, 5.74) is 1.52. The van der Waals surface area contributed by atoms with E-state index in [-0.39, 0.29) is 24.5 Å².